The molecule has 1 aliphatic rings. The normalized spacial score (nSPS) is 17.4. The molecule has 0 aliphatic heterocycles. The van der Waals surface area contributed by atoms with Gasteiger partial charge in [-0.2, -0.15) is 0 Å². The Balaban J connectivity index is 2.08. The summed E-state index contributed by atoms with van der Waals surface area (Å²) in [5.41, 5.74) is 8.30. The van der Waals surface area contributed by atoms with E-state index in [1.54, 1.807) is 0 Å². The van der Waals surface area contributed by atoms with Gasteiger partial charge in [-0.05, 0) is 42.7 Å². The molecule has 2 rings (SSSR count). The van der Waals surface area contributed by atoms with Gasteiger partial charge >= 0.3 is 0 Å². The number of thiocarbonyl (C=S) groups is 1. The molecule has 110 valence electrons. The molecule has 1 saturated carbocycles. The van der Waals surface area contributed by atoms with Gasteiger partial charge < -0.3 is 11.1 Å². The molecule has 20 heavy (non-hydrogen) atoms. The minimum atomic E-state index is 0.456. The Morgan fingerprint density at radius 2 is 1.95 bits per heavy atom. The maximum Gasteiger partial charge on any atom is 0.106 e. The number of benzene rings is 1. The molecule has 3 heteroatoms. The van der Waals surface area contributed by atoms with Gasteiger partial charge in [-0.3, -0.25) is 0 Å². The second-order valence-corrected chi connectivity index (χ2v) is 7.01. The van der Waals surface area contributed by atoms with Crippen molar-refractivity contribution in [2.75, 3.05) is 11.9 Å². The number of hydrogen-bond acceptors (Lipinski definition) is 2. The van der Waals surface area contributed by atoms with Crippen molar-refractivity contribution in [1.82, 2.24) is 0 Å². The van der Waals surface area contributed by atoms with Crippen molar-refractivity contribution < 1.29 is 0 Å². The van der Waals surface area contributed by atoms with Crippen molar-refractivity contribution in [1.29, 1.82) is 0 Å². The second-order valence-electron chi connectivity index (χ2n) is 6.57. The number of nitrogens with two attached hydrogens (primary N) is 1. The first-order chi connectivity index (χ1) is 9.52. The fourth-order valence-corrected chi connectivity index (χ4v) is 3.76. The lowest BCUT2D eigenvalue weighted by molar-refractivity contribution is 0.252. The smallest absolute Gasteiger partial charge is 0.106 e. The summed E-state index contributed by atoms with van der Waals surface area (Å²) in [6, 6.07) is 8.09. The predicted octanol–water partition coefficient (Wildman–Crippen LogP) is 4.34. The Morgan fingerprint density at radius 1 is 1.30 bits per heavy atom. The summed E-state index contributed by atoms with van der Waals surface area (Å²) in [5.74, 6) is 0.751. The Bertz CT molecular complexity index is 462. The lowest BCUT2D eigenvalue weighted by Gasteiger charge is -2.32. The molecule has 0 saturated heterocycles. The van der Waals surface area contributed by atoms with Crippen LogP contribution in [0.4, 0.5) is 5.69 Å². The van der Waals surface area contributed by atoms with E-state index < -0.39 is 0 Å². The van der Waals surface area contributed by atoms with Gasteiger partial charge in [0.05, 0.1) is 0 Å². The van der Waals surface area contributed by atoms with Crippen LogP contribution in [0.3, 0.4) is 0 Å². The Hall–Kier alpha value is -1.09. The van der Waals surface area contributed by atoms with E-state index in [2.05, 4.69) is 25.2 Å². The first-order valence-electron chi connectivity index (χ1n) is 7.65. The van der Waals surface area contributed by atoms with Crippen LogP contribution in [-0.2, 0) is 0 Å². The Labute approximate surface area is 128 Å². The third kappa shape index (κ3) is 3.72. The van der Waals surface area contributed by atoms with Gasteiger partial charge in [0.15, 0.2) is 0 Å². The quantitative estimate of drug-likeness (QED) is 0.765. The van der Waals surface area contributed by atoms with Crippen LogP contribution >= 0.6 is 12.2 Å². The van der Waals surface area contributed by atoms with Gasteiger partial charge in [0.2, 0.25) is 0 Å². The number of hydrogen-bond donors (Lipinski definition) is 2. The molecule has 0 bridgehead atoms. The summed E-state index contributed by atoms with van der Waals surface area (Å²) >= 11 is 5.13. The predicted molar refractivity (Wildman–Crippen MR) is 91.2 cm³/mol. The van der Waals surface area contributed by atoms with Crippen LogP contribution in [0.25, 0.3) is 0 Å². The number of anilines is 1. The van der Waals surface area contributed by atoms with Crippen molar-refractivity contribution in [3.63, 3.8) is 0 Å². The van der Waals surface area contributed by atoms with Crippen LogP contribution in [0.2, 0.25) is 0 Å². The summed E-state index contributed by atoms with van der Waals surface area (Å²) in [6.45, 7) is 5.68. The van der Waals surface area contributed by atoms with Gasteiger partial charge in [0, 0.05) is 17.8 Å². The molecule has 1 fully saturated rings. The highest BCUT2D eigenvalue weighted by atomic mass is 32.1. The van der Waals surface area contributed by atoms with E-state index in [9.17, 15) is 0 Å². The maximum absolute atomic E-state index is 5.80. The van der Waals surface area contributed by atoms with Crippen molar-refractivity contribution in [3.8, 4) is 0 Å². The standard InChI is InChI=1S/C17H26N2S/c1-13(2)11-17(9-5-6-10-17)12-19-15-8-4-3-7-14(15)16(18)20/h3-4,7-8,13,19H,5-6,9-12H2,1-2H3,(H2,18,20). The number of para-hydroxylation sites is 1. The fourth-order valence-electron chi connectivity index (χ4n) is 3.58. The summed E-state index contributed by atoms with van der Waals surface area (Å²) in [7, 11) is 0. The molecular formula is C17H26N2S. The first kappa shape index (κ1) is 15.3. The topological polar surface area (TPSA) is 38.0 Å². The van der Waals surface area contributed by atoms with E-state index in [0.717, 1.165) is 23.7 Å². The Kier molecular flexibility index (Phi) is 5.03. The second kappa shape index (κ2) is 6.57. The lowest BCUT2D eigenvalue weighted by atomic mass is 9.78. The molecule has 0 atom stereocenters. The van der Waals surface area contributed by atoms with Gasteiger partial charge in [-0.25, -0.2) is 0 Å². The van der Waals surface area contributed by atoms with Crippen molar-refractivity contribution in [3.05, 3.63) is 29.8 Å². The molecule has 1 aromatic carbocycles. The van der Waals surface area contributed by atoms with Crippen molar-refractivity contribution >= 4 is 22.9 Å². The largest absolute Gasteiger partial charge is 0.389 e. The molecule has 0 amide bonds. The van der Waals surface area contributed by atoms with Crippen LogP contribution in [0.5, 0.6) is 0 Å². The fraction of sp³-hybridized carbons (Fsp3) is 0.588. The van der Waals surface area contributed by atoms with Crippen molar-refractivity contribution in [2.24, 2.45) is 17.1 Å². The van der Waals surface area contributed by atoms with Gasteiger partial charge in [0.25, 0.3) is 0 Å². The third-order valence-corrected chi connectivity index (χ3v) is 4.57. The van der Waals surface area contributed by atoms with E-state index >= 15 is 0 Å². The minimum Gasteiger partial charge on any atom is -0.389 e. The van der Waals surface area contributed by atoms with Crippen LogP contribution in [0.15, 0.2) is 24.3 Å². The summed E-state index contributed by atoms with van der Waals surface area (Å²) in [5, 5.41) is 3.62. The SMILES string of the molecule is CC(C)CC1(CNc2ccccc2C(N)=S)CCCC1. The molecule has 3 N–H and O–H groups in total. The average Bonchev–Trinajstić information content (AvgIpc) is 2.84. The average molecular weight is 290 g/mol. The number of nitrogens with one attached hydrogen (secondary N) is 1. The molecule has 0 heterocycles. The van der Waals surface area contributed by atoms with Crippen LogP contribution < -0.4 is 11.1 Å². The van der Waals surface area contributed by atoms with Gasteiger partial charge in [-0.1, -0.05) is 51.0 Å². The van der Waals surface area contributed by atoms with E-state index in [-0.39, 0.29) is 0 Å². The first-order valence-corrected chi connectivity index (χ1v) is 8.06. The highest BCUT2D eigenvalue weighted by molar-refractivity contribution is 7.80. The molecule has 1 aliphatic carbocycles. The molecular weight excluding hydrogens is 264 g/mol. The summed E-state index contributed by atoms with van der Waals surface area (Å²) in [6.07, 6.45) is 6.72. The highest BCUT2D eigenvalue weighted by Crippen LogP contribution is 2.43. The zero-order valence-corrected chi connectivity index (χ0v) is 13.4. The van der Waals surface area contributed by atoms with Crippen LogP contribution in [0.1, 0.15) is 51.5 Å². The molecule has 0 radical (unpaired) electrons. The highest BCUT2D eigenvalue weighted by Gasteiger charge is 2.34. The molecule has 0 spiro atoms. The van der Waals surface area contributed by atoms with Gasteiger partial charge in [0.1, 0.15) is 4.99 Å². The van der Waals surface area contributed by atoms with E-state index in [4.69, 9.17) is 18.0 Å². The Morgan fingerprint density at radius 3 is 2.55 bits per heavy atom. The minimum absolute atomic E-state index is 0.456. The van der Waals surface area contributed by atoms with Crippen molar-refractivity contribution in [2.45, 2.75) is 46.0 Å². The molecule has 1 aromatic rings. The third-order valence-electron chi connectivity index (χ3n) is 4.35. The molecule has 0 aromatic heterocycles. The van der Waals surface area contributed by atoms with E-state index in [0.29, 0.717) is 10.4 Å². The van der Waals surface area contributed by atoms with E-state index in [1.165, 1.54) is 32.1 Å². The van der Waals surface area contributed by atoms with E-state index in [1.807, 2.05) is 18.2 Å². The zero-order chi connectivity index (χ0) is 14.6. The number of rotatable bonds is 6. The molecule has 2 nitrogen and oxygen atoms in total. The van der Waals surface area contributed by atoms with Crippen LogP contribution in [0, 0.1) is 11.3 Å². The molecule has 0 unspecified atom stereocenters. The lowest BCUT2D eigenvalue weighted by Crippen LogP contribution is -2.29. The summed E-state index contributed by atoms with van der Waals surface area (Å²) in [4.78, 5) is 0.470. The zero-order valence-electron chi connectivity index (χ0n) is 12.6. The van der Waals surface area contributed by atoms with Crippen LogP contribution in [-0.4, -0.2) is 11.5 Å². The summed E-state index contributed by atoms with van der Waals surface area (Å²) < 4.78 is 0. The maximum atomic E-state index is 5.80. The monoisotopic (exact) mass is 290 g/mol. The van der Waals surface area contributed by atoms with Gasteiger partial charge in [-0.15, -0.1) is 0 Å².